The molecule has 2 aromatic carbocycles. The maximum atomic E-state index is 12.8. The van der Waals surface area contributed by atoms with E-state index in [2.05, 4.69) is 5.32 Å². The van der Waals surface area contributed by atoms with Crippen LogP contribution in [-0.4, -0.2) is 38.9 Å². The molecule has 2 aromatic rings. The quantitative estimate of drug-likeness (QED) is 0.717. The number of hydrogen-bond donors (Lipinski definition) is 2. The van der Waals surface area contributed by atoms with Crippen molar-refractivity contribution >= 4 is 23.4 Å². The Morgan fingerprint density at radius 2 is 1.83 bits per heavy atom. The van der Waals surface area contributed by atoms with Crippen molar-refractivity contribution in [2.75, 3.05) is 38.3 Å². The van der Waals surface area contributed by atoms with Crippen LogP contribution in [0.25, 0.3) is 0 Å². The lowest BCUT2D eigenvalue weighted by molar-refractivity contribution is -0.868. The van der Waals surface area contributed by atoms with Crippen LogP contribution in [0.15, 0.2) is 53.4 Å². The first kappa shape index (κ1) is 18.3. The molecular formula is C18H22FN2O2S+. The summed E-state index contributed by atoms with van der Waals surface area (Å²) in [6, 6.07) is 13.7. The number of halogens is 1. The van der Waals surface area contributed by atoms with E-state index in [1.807, 2.05) is 31.3 Å². The van der Waals surface area contributed by atoms with Gasteiger partial charge in [0.05, 0.1) is 20.7 Å². The van der Waals surface area contributed by atoms with Gasteiger partial charge in [0.1, 0.15) is 11.6 Å². The molecule has 0 aliphatic rings. The van der Waals surface area contributed by atoms with Crippen molar-refractivity contribution < 1.29 is 18.8 Å². The summed E-state index contributed by atoms with van der Waals surface area (Å²) in [5.41, 5.74) is 0.759. The Bertz CT molecular complexity index is 647. The first-order valence-corrected chi connectivity index (χ1v) is 8.69. The third-order valence-corrected chi connectivity index (χ3v) is 4.46. The van der Waals surface area contributed by atoms with Gasteiger partial charge in [-0.05, 0) is 48.5 Å². The SMILES string of the molecule is COc1ccc(NC(=O)C[NH+](C)CCSc2ccc(F)cc2)cc1. The minimum absolute atomic E-state index is 0.0237. The van der Waals surface area contributed by atoms with Crippen LogP contribution in [-0.2, 0) is 4.79 Å². The van der Waals surface area contributed by atoms with Gasteiger partial charge in [-0.2, -0.15) is 0 Å². The van der Waals surface area contributed by atoms with Crippen LogP contribution in [0.4, 0.5) is 10.1 Å². The number of likely N-dealkylation sites (N-methyl/N-ethyl adjacent to an activating group) is 1. The first-order chi connectivity index (χ1) is 11.6. The first-order valence-electron chi connectivity index (χ1n) is 7.70. The maximum absolute atomic E-state index is 12.8. The van der Waals surface area contributed by atoms with Crippen LogP contribution < -0.4 is 15.0 Å². The van der Waals surface area contributed by atoms with E-state index in [0.29, 0.717) is 6.54 Å². The Morgan fingerprint density at radius 3 is 2.46 bits per heavy atom. The van der Waals surface area contributed by atoms with Crippen LogP contribution in [0.3, 0.4) is 0 Å². The lowest BCUT2D eigenvalue weighted by Gasteiger charge is -2.13. The number of thioether (sulfide) groups is 1. The molecule has 128 valence electrons. The summed E-state index contributed by atoms with van der Waals surface area (Å²) in [5.74, 6) is 1.38. The number of quaternary nitrogens is 1. The third kappa shape index (κ3) is 6.22. The number of nitrogens with one attached hydrogen (secondary N) is 2. The molecular weight excluding hydrogens is 327 g/mol. The third-order valence-electron chi connectivity index (χ3n) is 3.45. The van der Waals surface area contributed by atoms with E-state index in [1.54, 1.807) is 31.0 Å². The van der Waals surface area contributed by atoms with Gasteiger partial charge in [-0.3, -0.25) is 4.79 Å². The number of methoxy groups -OCH3 is 1. The summed E-state index contributed by atoms with van der Waals surface area (Å²) >= 11 is 1.66. The summed E-state index contributed by atoms with van der Waals surface area (Å²) in [6.07, 6.45) is 0. The highest BCUT2D eigenvalue weighted by Gasteiger charge is 2.10. The zero-order valence-electron chi connectivity index (χ0n) is 13.8. The normalized spacial score (nSPS) is 11.8. The smallest absolute Gasteiger partial charge is 0.279 e. The summed E-state index contributed by atoms with van der Waals surface area (Å²) in [5, 5.41) is 2.87. The average Bonchev–Trinajstić information content (AvgIpc) is 2.57. The fourth-order valence-corrected chi connectivity index (χ4v) is 3.13. The van der Waals surface area contributed by atoms with Crippen molar-refractivity contribution in [1.82, 2.24) is 0 Å². The molecule has 0 aromatic heterocycles. The molecule has 6 heteroatoms. The molecule has 0 heterocycles. The standard InChI is InChI=1S/C18H21FN2O2S/c1-21(11-12-24-17-9-3-14(19)4-10-17)13-18(22)20-15-5-7-16(23-2)8-6-15/h3-10H,11-13H2,1-2H3,(H,20,22)/p+1. The number of hydrogen-bond acceptors (Lipinski definition) is 3. The fourth-order valence-electron chi connectivity index (χ4n) is 2.12. The predicted molar refractivity (Wildman–Crippen MR) is 95.4 cm³/mol. The minimum Gasteiger partial charge on any atom is -0.497 e. The van der Waals surface area contributed by atoms with Crippen molar-refractivity contribution in [2.45, 2.75) is 4.90 Å². The van der Waals surface area contributed by atoms with Crippen molar-refractivity contribution in [3.8, 4) is 5.75 Å². The van der Waals surface area contributed by atoms with E-state index in [0.717, 1.165) is 33.5 Å². The second kappa shape index (κ2) is 9.30. The van der Waals surface area contributed by atoms with Gasteiger partial charge < -0.3 is 15.0 Å². The van der Waals surface area contributed by atoms with E-state index < -0.39 is 0 Å². The molecule has 24 heavy (non-hydrogen) atoms. The Balaban J connectivity index is 1.69. The summed E-state index contributed by atoms with van der Waals surface area (Å²) in [7, 11) is 3.59. The average molecular weight is 349 g/mol. The van der Waals surface area contributed by atoms with E-state index in [1.165, 1.54) is 12.1 Å². The zero-order chi connectivity index (χ0) is 17.4. The lowest BCUT2D eigenvalue weighted by Crippen LogP contribution is -3.10. The van der Waals surface area contributed by atoms with Crippen molar-refractivity contribution in [3.05, 3.63) is 54.3 Å². The number of ether oxygens (including phenoxy) is 1. The largest absolute Gasteiger partial charge is 0.497 e. The van der Waals surface area contributed by atoms with Crippen LogP contribution >= 0.6 is 11.8 Å². The Hall–Kier alpha value is -2.05. The molecule has 2 N–H and O–H groups in total. The minimum atomic E-state index is -0.225. The van der Waals surface area contributed by atoms with Crippen LogP contribution in [0, 0.1) is 5.82 Å². The number of carbonyl (C=O) groups excluding carboxylic acids is 1. The van der Waals surface area contributed by atoms with Crippen LogP contribution in [0.1, 0.15) is 0 Å². The maximum Gasteiger partial charge on any atom is 0.279 e. The number of benzene rings is 2. The molecule has 1 amide bonds. The highest BCUT2D eigenvalue weighted by atomic mass is 32.2. The monoisotopic (exact) mass is 349 g/mol. The molecule has 1 unspecified atom stereocenters. The molecule has 2 rings (SSSR count). The molecule has 0 saturated carbocycles. The molecule has 0 spiro atoms. The molecule has 0 radical (unpaired) electrons. The summed E-state index contributed by atoms with van der Waals surface area (Å²) < 4.78 is 17.9. The van der Waals surface area contributed by atoms with Crippen molar-refractivity contribution in [1.29, 1.82) is 0 Å². The van der Waals surface area contributed by atoms with Gasteiger partial charge in [-0.1, -0.05) is 0 Å². The van der Waals surface area contributed by atoms with Gasteiger partial charge in [0.15, 0.2) is 6.54 Å². The fraction of sp³-hybridized carbons (Fsp3) is 0.278. The van der Waals surface area contributed by atoms with Gasteiger partial charge >= 0.3 is 0 Å². The van der Waals surface area contributed by atoms with E-state index >= 15 is 0 Å². The number of amides is 1. The van der Waals surface area contributed by atoms with E-state index in [-0.39, 0.29) is 11.7 Å². The highest BCUT2D eigenvalue weighted by molar-refractivity contribution is 7.99. The Labute approximate surface area is 146 Å². The Morgan fingerprint density at radius 1 is 1.17 bits per heavy atom. The molecule has 0 fully saturated rings. The topological polar surface area (TPSA) is 42.8 Å². The van der Waals surface area contributed by atoms with Crippen LogP contribution in [0.5, 0.6) is 5.75 Å². The number of carbonyl (C=O) groups is 1. The second-order valence-corrected chi connectivity index (χ2v) is 6.63. The molecule has 0 aliphatic heterocycles. The molecule has 0 bridgehead atoms. The predicted octanol–water partition coefficient (Wildman–Crippen LogP) is 2.08. The number of rotatable bonds is 8. The van der Waals surface area contributed by atoms with E-state index in [4.69, 9.17) is 4.74 Å². The van der Waals surface area contributed by atoms with E-state index in [9.17, 15) is 9.18 Å². The Kier molecular flexibility index (Phi) is 7.08. The lowest BCUT2D eigenvalue weighted by atomic mass is 10.3. The van der Waals surface area contributed by atoms with Crippen molar-refractivity contribution in [3.63, 3.8) is 0 Å². The molecule has 1 atom stereocenters. The molecule has 4 nitrogen and oxygen atoms in total. The zero-order valence-corrected chi connectivity index (χ0v) is 14.7. The van der Waals surface area contributed by atoms with Gasteiger partial charge in [0.25, 0.3) is 5.91 Å². The van der Waals surface area contributed by atoms with Gasteiger partial charge in [-0.15, -0.1) is 11.8 Å². The summed E-state index contributed by atoms with van der Waals surface area (Å²) in [6.45, 7) is 1.24. The van der Waals surface area contributed by atoms with Gasteiger partial charge in [0, 0.05) is 16.3 Å². The van der Waals surface area contributed by atoms with Gasteiger partial charge in [0.2, 0.25) is 0 Å². The summed E-state index contributed by atoms with van der Waals surface area (Å²) in [4.78, 5) is 14.2. The number of anilines is 1. The second-order valence-electron chi connectivity index (χ2n) is 5.46. The van der Waals surface area contributed by atoms with Crippen LogP contribution in [0.2, 0.25) is 0 Å². The molecule has 0 saturated heterocycles. The van der Waals surface area contributed by atoms with Gasteiger partial charge in [-0.25, -0.2) is 4.39 Å². The molecule has 0 aliphatic carbocycles. The van der Waals surface area contributed by atoms with Crippen molar-refractivity contribution in [2.24, 2.45) is 0 Å². The highest BCUT2D eigenvalue weighted by Crippen LogP contribution is 2.17.